The van der Waals surface area contributed by atoms with E-state index in [1.54, 1.807) is 0 Å². The van der Waals surface area contributed by atoms with Gasteiger partial charge in [0, 0.05) is 0 Å². The van der Waals surface area contributed by atoms with Gasteiger partial charge in [-0.1, -0.05) is 96.9 Å². The number of rotatable bonds is 11. The lowest BCUT2D eigenvalue weighted by Gasteiger charge is -2.41. The van der Waals surface area contributed by atoms with Gasteiger partial charge in [-0.15, -0.1) is 0 Å². The molecule has 26 heavy (non-hydrogen) atoms. The third-order valence-corrected chi connectivity index (χ3v) is 9.57. The first-order chi connectivity index (χ1) is 11.7. The van der Waals surface area contributed by atoms with Gasteiger partial charge >= 0.3 is 0 Å². The first kappa shape index (κ1) is 26.0. The monoisotopic (exact) mass is 366 g/mol. The standard InChI is InChI=1S/C26H54/c1-15(2)17(5)19(7)21(9)23(11)25(13)26(14)24(12)22(10)20(8)18(6)16(3)4/h15-26H,1-14H3. The molecule has 0 aliphatic rings. The first-order valence-electron chi connectivity index (χ1n) is 11.7. The second-order valence-electron chi connectivity index (χ2n) is 11.1. The highest BCUT2D eigenvalue weighted by Gasteiger charge is 2.35. The predicted molar refractivity (Wildman–Crippen MR) is 121 cm³/mol. The average Bonchev–Trinajstić information content (AvgIpc) is 2.61. The summed E-state index contributed by atoms with van der Waals surface area (Å²) in [5, 5.41) is 0. The van der Waals surface area contributed by atoms with Gasteiger partial charge < -0.3 is 0 Å². The van der Waals surface area contributed by atoms with Crippen molar-refractivity contribution in [1.82, 2.24) is 0 Å². The van der Waals surface area contributed by atoms with Crippen LogP contribution in [0.15, 0.2) is 0 Å². The van der Waals surface area contributed by atoms with Crippen molar-refractivity contribution in [3.8, 4) is 0 Å². The highest BCUT2D eigenvalue weighted by molar-refractivity contribution is 4.83. The van der Waals surface area contributed by atoms with Crippen LogP contribution in [0.3, 0.4) is 0 Å². The van der Waals surface area contributed by atoms with E-state index >= 15 is 0 Å². The average molecular weight is 367 g/mol. The van der Waals surface area contributed by atoms with Crippen LogP contribution >= 0.6 is 0 Å². The lowest BCUT2D eigenvalue weighted by molar-refractivity contribution is 0.0711. The summed E-state index contributed by atoms with van der Waals surface area (Å²) in [5.41, 5.74) is 0. The summed E-state index contributed by atoms with van der Waals surface area (Å²) in [4.78, 5) is 0. The van der Waals surface area contributed by atoms with Gasteiger partial charge in [0.05, 0.1) is 0 Å². The zero-order valence-corrected chi connectivity index (χ0v) is 20.9. The van der Waals surface area contributed by atoms with E-state index in [1.165, 1.54) is 0 Å². The van der Waals surface area contributed by atoms with Crippen LogP contribution in [0.1, 0.15) is 96.9 Å². The summed E-state index contributed by atoms with van der Waals surface area (Å²) in [6, 6.07) is 0. The molecule has 0 rings (SSSR count). The van der Waals surface area contributed by atoms with Crippen LogP contribution in [-0.4, -0.2) is 0 Å². The molecule has 0 heterocycles. The maximum absolute atomic E-state index is 2.53. The van der Waals surface area contributed by atoms with Crippen LogP contribution in [0.4, 0.5) is 0 Å². The Morgan fingerprint density at radius 3 is 0.423 bits per heavy atom. The Morgan fingerprint density at radius 1 is 0.192 bits per heavy atom. The van der Waals surface area contributed by atoms with E-state index in [-0.39, 0.29) is 0 Å². The Balaban J connectivity index is 5.03. The van der Waals surface area contributed by atoms with Gasteiger partial charge in [-0.05, 0) is 71.0 Å². The van der Waals surface area contributed by atoms with E-state index in [0.717, 1.165) is 71.0 Å². The number of hydrogen-bond acceptors (Lipinski definition) is 0. The Morgan fingerprint density at radius 2 is 0.308 bits per heavy atom. The largest absolute Gasteiger partial charge is 0.0625 e. The van der Waals surface area contributed by atoms with Crippen LogP contribution in [0.25, 0.3) is 0 Å². The normalized spacial score (nSPS) is 24.5. The van der Waals surface area contributed by atoms with Crippen molar-refractivity contribution in [2.45, 2.75) is 96.9 Å². The predicted octanol–water partition coefficient (Wildman–Crippen LogP) is 8.66. The molecule has 10 unspecified atom stereocenters. The van der Waals surface area contributed by atoms with Crippen LogP contribution in [0.2, 0.25) is 0 Å². The quantitative estimate of drug-likeness (QED) is 0.343. The van der Waals surface area contributed by atoms with Gasteiger partial charge in [0.25, 0.3) is 0 Å². The van der Waals surface area contributed by atoms with Crippen molar-refractivity contribution in [3.63, 3.8) is 0 Å². The summed E-state index contributed by atoms with van der Waals surface area (Å²) in [6.07, 6.45) is 0. The molecule has 0 amide bonds. The Labute approximate surface area is 168 Å². The van der Waals surface area contributed by atoms with Crippen molar-refractivity contribution in [3.05, 3.63) is 0 Å². The summed E-state index contributed by atoms with van der Waals surface area (Å²) in [6.45, 7) is 34.5. The second-order valence-corrected chi connectivity index (χ2v) is 11.1. The zero-order chi connectivity index (χ0) is 20.9. The fourth-order valence-corrected chi connectivity index (χ4v) is 5.04. The second kappa shape index (κ2) is 11.1. The molecule has 0 aliphatic heterocycles. The van der Waals surface area contributed by atoms with Crippen molar-refractivity contribution >= 4 is 0 Å². The summed E-state index contributed by atoms with van der Waals surface area (Å²) < 4.78 is 0. The first-order valence-corrected chi connectivity index (χ1v) is 11.7. The van der Waals surface area contributed by atoms with Gasteiger partial charge in [-0.2, -0.15) is 0 Å². The molecule has 0 nitrogen and oxygen atoms in total. The fourth-order valence-electron chi connectivity index (χ4n) is 5.04. The summed E-state index contributed by atoms with van der Waals surface area (Å²) in [7, 11) is 0. The van der Waals surface area contributed by atoms with Gasteiger partial charge in [0.2, 0.25) is 0 Å². The molecular formula is C26H54. The van der Waals surface area contributed by atoms with Gasteiger partial charge in [-0.25, -0.2) is 0 Å². The molecule has 0 fully saturated rings. The minimum absolute atomic E-state index is 0.782. The van der Waals surface area contributed by atoms with E-state index < -0.39 is 0 Å². The minimum Gasteiger partial charge on any atom is -0.0625 e. The summed E-state index contributed by atoms with van der Waals surface area (Å²) >= 11 is 0. The van der Waals surface area contributed by atoms with Crippen LogP contribution < -0.4 is 0 Å². The zero-order valence-electron chi connectivity index (χ0n) is 20.9. The molecule has 0 N–H and O–H groups in total. The molecule has 0 bridgehead atoms. The maximum Gasteiger partial charge on any atom is -0.0386 e. The van der Waals surface area contributed by atoms with Gasteiger partial charge in [0.1, 0.15) is 0 Å². The fraction of sp³-hybridized carbons (Fsp3) is 1.00. The van der Waals surface area contributed by atoms with Crippen molar-refractivity contribution in [2.24, 2.45) is 71.0 Å². The van der Waals surface area contributed by atoms with Gasteiger partial charge in [0.15, 0.2) is 0 Å². The molecule has 0 aromatic rings. The topological polar surface area (TPSA) is 0 Å². The van der Waals surface area contributed by atoms with E-state index in [2.05, 4.69) is 96.9 Å². The Hall–Kier alpha value is 0. The van der Waals surface area contributed by atoms with Crippen LogP contribution in [-0.2, 0) is 0 Å². The van der Waals surface area contributed by atoms with E-state index in [1.807, 2.05) is 0 Å². The third-order valence-electron chi connectivity index (χ3n) is 9.57. The maximum atomic E-state index is 2.53. The molecule has 0 radical (unpaired) electrons. The van der Waals surface area contributed by atoms with Crippen molar-refractivity contribution < 1.29 is 0 Å². The molecule has 0 aliphatic carbocycles. The van der Waals surface area contributed by atoms with Crippen LogP contribution in [0.5, 0.6) is 0 Å². The third kappa shape index (κ3) is 6.56. The molecule has 158 valence electrons. The Kier molecular flexibility index (Phi) is 11.1. The SMILES string of the molecule is CC(C)C(C)C(C)C(C)C(C)C(C)C(C)C(C)C(C)C(C)C(C)C(C)C. The Bertz CT molecular complexity index is 332. The minimum atomic E-state index is 0.782. The summed E-state index contributed by atoms with van der Waals surface area (Å²) in [5.74, 6) is 9.49. The lowest BCUT2D eigenvalue weighted by Crippen LogP contribution is -2.35. The number of hydrogen-bond donors (Lipinski definition) is 0. The van der Waals surface area contributed by atoms with Crippen molar-refractivity contribution in [2.75, 3.05) is 0 Å². The van der Waals surface area contributed by atoms with Crippen LogP contribution in [0, 0.1) is 71.0 Å². The van der Waals surface area contributed by atoms with E-state index in [9.17, 15) is 0 Å². The lowest BCUT2D eigenvalue weighted by atomic mass is 9.64. The molecule has 0 aromatic carbocycles. The van der Waals surface area contributed by atoms with E-state index in [4.69, 9.17) is 0 Å². The molecular weight excluding hydrogens is 312 g/mol. The molecule has 0 saturated heterocycles. The molecule has 0 saturated carbocycles. The smallest absolute Gasteiger partial charge is 0.0386 e. The molecule has 0 aromatic heterocycles. The highest BCUT2D eigenvalue weighted by atomic mass is 14.4. The molecule has 10 atom stereocenters. The molecule has 0 spiro atoms. The van der Waals surface area contributed by atoms with Gasteiger partial charge in [-0.3, -0.25) is 0 Å². The highest BCUT2D eigenvalue weighted by Crippen LogP contribution is 2.41. The molecule has 0 heteroatoms. The van der Waals surface area contributed by atoms with E-state index in [0.29, 0.717) is 0 Å². The van der Waals surface area contributed by atoms with Crippen molar-refractivity contribution in [1.29, 1.82) is 0 Å².